The van der Waals surface area contributed by atoms with Gasteiger partial charge in [0.25, 0.3) is 0 Å². The van der Waals surface area contributed by atoms with Crippen LogP contribution in [0.1, 0.15) is 23.9 Å². The Morgan fingerprint density at radius 1 is 0.943 bits per heavy atom. The van der Waals surface area contributed by atoms with Crippen molar-refractivity contribution in [2.24, 2.45) is 5.41 Å². The summed E-state index contributed by atoms with van der Waals surface area (Å²) >= 11 is 6.17. The molecule has 0 saturated carbocycles. The highest BCUT2D eigenvalue weighted by Gasteiger charge is 2.39. The van der Waals surface area contributed by atoms with Crippen LogP contribution in [-0.4, -0.2) is 22.2 Å². The van der Waals surface area contributed by atoms with Gasteiger partial charge in [-0.2, -0.15) is 0 Å². The van der Waals surface area contributed by atoms with Crippen molar-refractivity contribution in [2.75, 3.05) is 6.61 Å². The lowest BCUT2D eigenvalue weighted by Crippen LogP contribution is -2.26. The van der Waals surface area contributed by atoms with Gasteiger partial charge in [0.2, 0.25) is 0 Å². The highest BCUT2D eigenvalue weighted by molar-refractivity contribution is 6.30. The van der Waals surface area contributed by atoms with Gasteiger partial charge in [-0.3, -0.25) is 4.79 Å². The Morgan fingerprint density at radius 2 is 1.57 bits per heavy atom. The standard InChI is InChI=1S/C30H28ClNO3/c1-30(20-35-18-21-8-4-2-5-9-21)17-26-29(22-10-6-3-7-11-22)28(23-12-14-24(31)15-13-23)25(16-27(33)34)32(26)19-30/h2-15H,16-20H2,1H3,(H,33,34). The van der Waals surface area contributed by atoms with Crippen LogP contribution in [0.4, 0.5) is 0 Å². The van der Waals surface area contributed by atoms with Gasteiger partial charge < -0.3 is 14.4 Å². The molecule has 1 aromatic heterocycles. The average Bonchev–Trinajstić information content (AvgIpc) is 3.33. The summed E-state index contributed by atoms with van der Waals surface area (Å²) in [6.07, 6.45) is 0.769. The van der Waals surface area contributed by atoms with E-state index in [4.69, 9.17) is 16.3 Å². The molecular formula is C30H28ClNO3. The van der Waals surface area contributed by atoms with Crippen LogP contribution in [0.15, 0.2) is 84.9 Å². The number of halogens is 1. The predicted octanol–water partition coefficient (Wildman–Crippen LogP) is 6.88. The second-order valence-electron chi connectivity index (χ2n) is 9.64. The van der Waals surface area contributed by atoms with Gasteiger partial charge >= 0.3 is 5.97 Å². The van der Waals surface area contributed by atoms with Crippen LogP contribution in [-0.2, 0) is 35.5 Å². The van der Waals surface area contributed by atoms with E-state index < -0.39 is 5.97 Å². The molecule has 0 bridgehead atoms. The van der Waals surface area contributed by atoms with Crippen molar-refractivity contribution in [3.8, 4) is 22.3 Å². The number of nitrogens with zero attached hydrogens (tertiary/aromatic N) is 1. The van der Waals surface area contributed by atoms with Crippen LogP contribution in [0.25, 0.3) is 22.3 Å². The molecule has 0 fully saturated rings. The summed E-state index contributed by atoms with van der Waals surface area (Å²) in [7, 11) is 0. The molecule has 1 atom stereocenters. The summed E-state index contributed by atoms with van der Waals surface area (Å²) in [5, 5.41) is 10.5. The SMILES string of the molecule is CC1(COCc2ccccc2)Cc2c(-c3ccccc3)c(-c3ccc(Cl)cc3)c(CC(=O)O)n2C1. The van der Waals surface area contributed by atoms with Crippen LogP contribution in [0.3, 0.4) is 0 Å². The summed E-state index contributed by atoms with van der Waals surface area (Å²) < 4.78 is 8.39. The number of carboxylic acids is 1. The van der Waals surface area contributed by atoms with Crippen molar-refractivity contribution in [1.29, 1.82) is 0 Å². The number of rotatable bonds is 8. The molecule has 0 amide bonds. The molecule has 2 heterocycles. The van der Waals surface area contributed by atoms with Gasteiger partial charge in [0, 0.05) is 39.5 Å². The molecule has 0 aliphatic carbocycles. The third-order valence-corrected chi connectivity index (χ3v) is 6.94. The van der Waals surface area contributed by atoms with E-state index in [0.717, 1.165) is 39.9 Å². The highest BCUT2D eigenvalue weighted by atomic mass is 35.5. The fraction of sp³-hybridized carbons (Fsp3) is 0.233. The normalized spacial score (nSPS) is 16.9. The summed E-state index contributed by atoms with van der Waals surface area (Å²) in [6.45, 7) is 4.11. The number of ether oxygens (including phenoxy) is 1. The second kappa shape index (κ2) is 9.73. The van der Waals surface area contributed by atoms with Crippen LogP contribution in [0.2, 0.25) is 5.02 Å². The van der Waals surface area contributed by atoms with E-state index >= 15 is 0 Å². The smallest absolute Gasteiger partial charge is 0.309 e. The lowest BCUT2D eigenvalue weighted by Gasteiger charge is -2.24. The van der Waals surface area contributed by atoms with Crippen molar-refractivity contribution >= 4 is 17.6 Å². The summed E-state index contributed by atoms with van der Waals surface area (Å²) in [4.78, 5) is 12.0. The predicted molar refractivity (Wildman–Crippen MR) is 140 cm³/mol. The summed E-state index contributed by atoms with van der Waals surface area (Å²) in [6, 6.07) is 28.1. The Kier molecular flexibility index (Phi) is 6.50. The zero-order valence-corrected chi connectivity index (χ0v) is 20.5. The minimum atomic E-state index is -0.839. The molecule has 1 aliphatic heterocycles. The third kappa shape index (κ3) is 4.90. The van der Waals surface area contributed by atoms with Crippen molar-refractivity contribution in [1.82, 2.24) is 4.57 Å². The maximum Gasteiger partial charge on any atom is 0.309 e. The number of fused-ring (bicyclic) bond motifs is 1. The van der Waals surface area contributed by atoms with Crippen molar-refractivity contribution in [3.63, 3.8) is 0 Å². The van der Waals surface area contributed by atoms with Crippen LogP contribution < -0.4 is 0 Å². The number of carbonyl (C=O) groups is 1. The van der Waals surface area contributed by atoms with Gasteiger partial charge in [-0.15, -0.1) is 0 Å². The quantitative estimate of drug-likeness (QED) is 0.296. The zero-order valence-electron chi connectivity index (χ0n) is 19.7. The first kappa shape index (κ1) is 23.4. The van der Waals surface area contributed by atoms with Gasteiger partial charge in [-0.1, -0.05) is 91.3 Å². The number of carboxylic acid groups (broad SMARTS) is 1. The van der Waals surface area contributed by atoms with Crippen LogP contribution >= 0.6 is 11.6 Å². The molecule has 1 aliphatic rings. The molecule has 35 heavy (non-hydrogen) atoms. The first-order valence-corrected chi connectivity index (χ1v) is 12.2. The molecular weight excluding hydrogens is 458 g/mol. The van der Waals surface area contributed by atoms with Gasteiger partial charge in [-0.05, 0) is 35.2 Å². The molecule has 0 saturated heterocycles. The minimum Gasteiger partial charge on any atom is -0.481 e. The lowest BCUT2D eigenvalue weighted by molar-refractivity contribution is -0.136. The van der Waals surface area contributed by atoms with Crippen LogP contribution in [0.5, 0.6) is 0 Å². The van der Waals surface area contributed by atoms with Gasteiger partial charge in [0.1, 0.15) is 0 Å². The molecule has 0 radical (unpaired) electrons. The van der Waals surface area contributed by atoms with E-state index in [-0.39, 0.29) is 11.8 Å². The molecule has 0 spiro atoms. The highest BCUT2D eigenvalue weighted by Crippen LogP contribution is 2.47. The number of hydrogen-bond donors (Lipinski definition) is 1. The second-order valence-corrected chi connectivity index (χ2v) is 10.1. The summed E-state index contributed by atoms with van der Waals surface area (Å²) in [5.41, 5.74) is 7.19. The number of aromatic nitrogens is 1. The Hall–Kier alpha value is -3.34. The number of hydrogen-bond acceptors (Lipinski definition) is 2. The Labute approximate surface area is 210 Å². The lowest BCUT2D eigenvalue weighted by atomic mass is 9.85. The maximum absolute atomic E-state index is 12.0. The van der Waals surface area contributed by atoms with Crippen LogP contribution in [0, 0.1) is 5.41 Å². The fourth-order valence-electron chi connectivity index (χ4n) is 5.19. The van der Waals surface area contributed by atoms with E-state index in [1.165, 1.54) is 5.69 Å². The first-order chi connectivity index (χ1) is 16.9. The monoisotopic (exact) mass is 485 g/mol. The average molecular weight is 486 g/mol. The molecule has 178 valence electrons. The Morgan fingerprint density at radius 3 is 2.23 bits per heavy atom. The van der Waals surface area contributed by atoms with Crippen molar-refractivity contribution in [2.45, 2.75) is 32.9 Å². The van der Waals surface area contributed by atoms with E-state index in [0.29, 0.717) is 24.8 Å². The van der Waals surface area contributed by atoms with E-state index in [1.54, 1.807) is 0 Å². The van der Waals surface area contributed by atoms with Gasteiger partial charge in [0.15, 0.2) is 0 Å². The first-order valence-electron chi connectivity index (χ1n) is 11.8. The van der Waals surface area contributed by atoms with E-state index in [2.05, 4.69) is 35.8 Å². The molecule has 1 unspecified atom stereocenters. The number of aliphatic carboxylic acids is 1. The van der Waals surface area contributed by atoms with E-state index in [9.17, 15) is 9.90 Å². The molecule has 5 rings (SSSR count). The largest absolute Gasteiger partial charge is 0.481 e. The molecule has 5 heteroatoms. The molecule has 3 aromatic carbocycles. The molecule has 4 aromatic rings. The summed E-state index contributed by atoms with van der Waals surface area (Å²) in [5.74, 6) is -0.839. The van der Waals surface area contributed by atoms with Crippen molar-refractivity contribution < 1.29 is 14.6 Å². The third-order valence-electron chi connectivity index (χ3n) is 6.69. The Bertz CT molecular complexity index is 1330. The minimum absolute atomic E-state index is 0.0429. The van der Waals surface area contributed by atoms with Gasteiger partial charge in [-0.25, -0.2) is 0 Å². The zero-order chi connectivity index (χ0) is 24.4. The van der Waals surface area contributed by atoms with Gasteiger partial charge in [0.05, 0.1) is 19.6 Å². The number of benzene rings is 3. The fourth-order valence-corrected chi connectivity index (χ4v) is 5.32. The van der Waals surface area contributed by atoms with Crippen molar-refractivity contribution in [3.05, 3.63) is 107 Å². The maximum atomic E-state index is 12.0. The topological polar surface area (TPSA) is 51.5 Å². The molecule has 4 nitrogen and oxygen atoms in total. The molecule has 1 N–H and O–H groups in total. The Balaban J connectivity index is 1.55. The van der Waals surface area contributed by atoms with E-state index in [1.807, 2.05) is 60.7 Å².